The molecule has 0 amide bonds. The zero-order valence-electron chi connectivity index (χ0n) is 21.4. The van der Waals surface area contributed by atoms with E-state index in [1.807, 2.05) is 69.4 Å². The number of aromatic nitrogens is 4. The van der Waals surface area contributed by atoms with E-state index in [0.29, 0.717) is 0 Å². The summed E-state index contributed by atoms with van der Waals surface area (Å²) in [6, 6.07) is 22.8. The Balaban J connectivity index is 1.40. The molecule has 38 heavy (non-hydrogen) atoms. The number of fused-ring (bicyclic) bond motifs is 2. The molecule has 6 rings (SSSR count). The molecular weight excluding hydrogens is 477 g/mol. The lowest BCUT2D eigenvalue weighted by Gasteiger charge is -2.27. The highest BCUT2D eigenvalue weighted by Gasteiger charge is 2.22. The number of aliphatic hydroxyl groups is 1. The number of aliphatic hydroxyl groups excluding tert-OH is 1. The summed E-state index contributed by atoms with van der Waals surface area (Å²) in [7, 11) is 0. The highest BCUT2D eigenvalue weighted by Crippen LogP contribution is 2.35. The van der Waals surface area contributed by atoms with Crippen LogP contribution >= 0.6 is 0 Å². The third-order valence-corrected chi connectivity index (χ3v) is 6.81. The summed E-state index contributed by atoms with van der Waals surface area (Å²) in [5.41, 5.74) is 7.67. The van der Waals surface area contributed by atoms with Gasteiger partial charge in [0.1, 0.15) is 17.7 Å². The van der Waals surface area contributed by atoms with Crippen LogP contribution in [0.2, 0.25) is 0 Å². The maximum absolute atomic E-state index is 13.9. The van der Waals surface area contributed by atoms with Gasteiger partial charge in [0.05, 0.1) is 23.1 Å². The number of aromatic amines is 2. The summed E-state index contributed by atoms with van der Waals surface area (Å²) in [6.07, 6.45) is 2.81. The van der Waals surface area contributed by atoms with Gasteiger partial charge in [-0.15, -0.1) is 0 Å². The van der Waals surface area contributed by atoms with E-state index in [9.17, 15) is 9.50 Å². The summed E-state index contributed by atoms with van der Waals surface area (Å²) in [5, 5.41) is 23.3. The molecule has 3 aromatic heterocycles. The number of hydrogen-bond donors (Lipinski definition) is 4. The van der Waals surface area contributed by atoms with E-state index < -0.39 is 6.23 Å². The molecular formula is C31H28FN5O. The van der Waals surface area contributed by atoms with E-state index in [0.717, 1.165) is 61.1 Å². The fraction of sp³-hybridized carbons (Fsp3) is 0.161. The molecule has 0 saturated carbocycles. The van der Waals surface area contributed by atoms with Gasteiger partial charge in [-0.3, -0.25) is 10.1 Å². The van der Waals surface area contributed by atoms with E-state index in [2.05, 4.69) is 37.6 Å². The molecule has 0 aliphatic rings. The van der Waals surface area contributed by atoms with Crippen LogP contribution in [0.15, 0.2) is 85.2 Å². The smallest absolute Gasteiger partial charge is 0.129 e. The Morgan fingerprint density at radius 2 is 1.68 bits per heavy atom. The number of anilines is 1. The molecule has 1 atom stereocenters. The number of halogens is 1. The van der Waals surface area contributed by atoms with Gasteiger partial charge in [-0.2, -0.15) is 5.10 Å². The van der Waals surface area contributed by atoms with Gasteiger partial charge in [0.2, 0.25) is 0 Å². The summed E-state index contributed by atoms with van der Waals surface area (Å²) >= 11 is 0. The van der Waals surface area contributed by atoms with Gasteiger partial charge in [0, 0.05) is 33.5 Å². The highest BCUT2D eigenvalue weighted by atomic mass is 19.1. The second-order valence-electron chi connectivity index (χ2n) is 10.7. The van der Waals surface area contributed by atoms with Crippen LogP contribution < -0.4 is 5.32 Å². The fourth-order valence-corrected chi connectivity index (χ4v) is 4.64. The van der Waals surface area contributed by atoms with Crippen LogP contribution in [-0.4, -0.2) is 31.5 Å². The van der Waals surface area contributed by atoms with Gasteiger partial charge < -0.3 is 15.4 Å². The van der Waals surface area contributed by atoms with Crippen LogP contribution in [0.25, 0.3) is 55.4 Å². The maximum atomic E-state index is 13.9. The molecule has 1 unspecified atom stereocenters. The van der Waals surface area contributed by atoms with E-state index >= 15 is 0 Å². The van der Waals surface area contributed by atoms with Crippen LogP contribution in [0.1, 0.15) is 20.8 Å². The van der Waals surface area contributed by atoms with Crippen molar-refractivity contribution in [2.45, 2.75) is 27.0 Å². The predicted molar refractivity (Wildman–Crippen MR) is 151 cm³/mol. The Kier molecular flexibility index (Phi) is 5.73. The van der Waals surface area contributed by atoms with Crippen LogP contribution in [0, 0.1) is 11.2 Å². The zero-order valence-corrected chi connectivity index (χ0v) is 21.4. The van der Waals surface area contributed by atoms with Crippen LogP contribution in [0.5, 0.6) is 0 Å². The van der Waals surface area contributed by atoms with Crippen molar-refractivity contribution in [3.05, 3.63) is 91.0 Å². The lowest BCUT2D eigenvalue weighted by molar-refractivity contribution is 0.0880. The van der Waals surface area contributed by atoms with E-state index in [4.69, 9.17) is 0 Å². The molecule has 7 heteroatoms. The second kappa shape index (κ2) is 9.11. The Bertz CT molecular complexity index is 1780. The number of hydrogen-bond acceptors (Lipinski definition) is 4. The van der Waals surface area contributed by atoms with Gasteiger partial charge in [0.25, 0.3) is 0 Å². The first kappa shape index (κ1) is 23.9. The van der Waals surface area contributed by atoms with Crippen LogP contribution in [-0.2, 0) is 0 Å². The minimum absolute atomic E-state index is 0.261. The lowest BCUT2D eigenvalue weighted by Crippen LogP contribution is -2.33. The molecule has 6 nitrogen and oxygen atoms in total. The summed E-state index contributed by atoms with van der Waals surface area (Å²) in [6.45, 7) is 5.92. The van der Waals surface area contributed by atoms with Gasteiger partial charge >= 0.3 is 0 Å². The number of benzene rings is 3. The quantitative estimate of drug-likeness (QED) is 0.184. The minimum atomic E-state index is -0.707. The van der Waals surface area contributed by atoms with Crippen LogP contribution in [0.4, 0.5) is 10.1 Å². The molecule has 4 N–H and O–H groups in total. The molecule has 6 aromatic rings. The van der Waals surface area contributed by atoms with Crippen molar-refractivity contribution in [1.29, 1.82) is 0 Å². The van der Waals surface area contributed by atoms with E-state index in [-0.39, 0.29) is 11.2 Å². The number of pyridine rings is 1. The normalized spacial score (nSPS) is 12.8. The SMILES string of the molecule is CC(C)(C)C(O)Nc1cncc(-c2ccc3[nH]nc(-c4cc5c(-c6cccc(F)c6)cccc5[nH]4)c3c2)c1. The Hall–Kier alpha value is -4.49. The van der Waals surface area contributed by atoms with Gasteiger partial charge in [0.15, 0.2) is 0 Å². The number of nitrogens with zero attached hydrogens (tertiary/aromatic N) is 2. The molecule has 0 radical (unpaired) electrons. The average Bonchev–Trinajstić information content (AvgIpc) is 3.52. The molecule has 0 saturated heterocycles. The van der Waals surface area contributed by atoms with Crippen molar-refractivity contribution in [2.24, 2.45) is 5.41 Å². The van der Waals surface area contributed by atoms with Crippen molar-refractivity contribution in [2.75, 3.05) is 5.32 Å². The number of rotatable bonds is 5. The van der Waals surface area contributed by atoms with E-state index in [1.165, 1.54) is 6.07 Å². The van der Waals surface area contributed by atoms with E-state index in [1.54, 1.807) is 18.3 Å². The Morgan fingerprint density at radius 1 is 0.842 bits per heavy atom. The van der Waals surface area contributed by atoms with Gasteiger partial charge in [-0.1, -0.05) is 51.1 Å². The monoisotopic (exact) mass is 505 g/mol. The van der Waals surface area contributed by atoms with Crippen molar-refractivity contribution in [1.82, 2.24) is 20.2 Å². The van der Waals surface area contributed by atoms with Crippen LogP contribution in [0.3, 0.4) is 0 Å². The molecule has 3 heterocycles. The first-order chi connectivity index (χ1) is 18.3. The third kappa shape index (κ3) is 4.41. The Morgan fingerprint density at radius 3 is 2.50 bits per heavy atom. The highest BCUT2D eigenvalue weighted by molar-refractivity contribution is 6.01. The average molecular weight is 506 g/mol. The summed E-state index contributed by atoms with van der Waals surface area (Å²) in [4.78, 5) is 7.88. The molecule has 0 spiro atoms. The van der Waals surface area contributed by atoms with Crippen molar-refractivity contribution in [3.8, 4) is 33.6 Å². The largest absolute Gasteiger partial charge is 0.373 e. The summed E-state index contributed by atoms with van der Waals surface area (Å²) in [5.74, 6) is -0.261. The number of H-pyrrole nitrogens is 2. The predicted octanol–water partition coefficient (Wildman–Crippen LogP) is 7.36. The lowest BCUT2D eigenvalue weighted by atomic mass is 9.94. The van der Waals surface area contributed by atoms with Crippen molar-refractivity contribution in [3.63, 3.8) is 0 Å². The summed E-state index contributed by atoms with van der Waals surface area (Å²) < 4.78 is 13.9. The molecule has 0 aliphatic heterocycles. The van der Waals surface area contributed by atoms with Gasteiger partial charge in [-0.05, 0) is 59.2 Å². The minimum Gasteiger partial charge on any atom is -0.373 e. The third-order valence-electron chi connectivity index (χ3n) is 6.81. The molecule has 0 fully saturated rings. The molecule has 0 aliphatic carbocycles. The maximum Gasteiger partial charge on any atom is 0.129 e. The fourth-order valence-electron chi connectivity index (χ4n) is 4.64. The molecule has 0 bridgehead atoms. The first-order valence-corrected chi connectivity index (χ1v) is 12.5. The topological polar surface area (TPSA) is 89.6 Å². The Labute approximate surface area is 219 Å². The second-order valence-corrected chi connectivity index (χ2v) is 10.7. The first-order valence-electron chi connectivity index (χ1n) is 12.5. The molecule has 3 aromatic carbocycles. The van der Waals surface area contributed by atoms with Crippen molar-refractivity contribution >= 4 is 27.5 Å². The van der Waals surface area contributed by atoms with Gasteiger partial charge in [-0.25, -0.2) is 4.39 Å². The molecule has 190 valence electrons. The van der Waals surface area contributed by atoms with Crippen molar-refractivity contribution < 1.29 is 9.50 Å². The standard InChI is InChI=1S/C31H28FN5O/c1-31(2,3)30(38)34-22-13-20(16-33-17-22)18-10-11-27-25(14-18)29(37-36-27)28-15-24-23(8-5-9-26(24)35-28)19-6-4-7-21(32)12-19/h4-17,30,34-35,38H,1-3H3,(H,36,37). The zero-order chi connectivity index (χ0) is 26.4. The number of nitrogens with one attached hydrogen (secondary N) is 3.